The van der Waals surface area contributed by atoms with Crippen LogP contribution in [0, 0.1) is 0 Å². The SMILES string of the molecule is NS(=O)(=O)c1cc(Br)c(OCCc2cccnc2)c(Br)c1. The maximum atomic E-state index is 11.3. The van der Waals surface area contributed by atoms with Crippen molar-refractivity contribution >= 4 is 41.9 Å². The van der Waals surface area contributed by atoms with Crippen molar-refractivity contribution in [1.29, 1.82) is 0 Å². The molecule has 0 bridgehead atoms. The van der Waals surface area contributed by atoms with Crippen LogP contribution in [0.25, 0.3) is 0 Å². The van der Waals surface area contributed by atoms with Crippen molar-refractivity contribution in [3.8, 4) is 5.75 Å². The topological polar surface area (TPSA) is 82.3 Å². The zero-order chi connectivity index (χ0) is 15.5. The van der Waals surface area contributed by atoms with Crippen LogP contribution in [0.3, 0.4) is 0 Å². The fourth-order valence-electron chi connectivity index (χ4n) is 1.66. The van der Waals surface area contributed by atoms with Crippen LogP contribution >= 0.6 is 31.9 Å². The Kier molecular flexibility index (Phi) is 5.37. The molecule has 5 nitrogen and oxygen atoms in total. The first-order chi connectivity index (χ1) is 9.88. The second-order valence-electron chi connectivity index (χ2n) is 4.22. The molecule has 2 N–H and O–H groups in total. The highest BCUT2D eigenvalue weighted by Gasteiger charge is 2.15. The number of hydrogen-bond acceptors (Lipinski definition) is 4. The van der Waals surface area contributed by atoms with Gasteiger partial charge in [0.05, 0.1) is 20.4 Å². The average molecular weight is 436 g/mol. The minimum atomic E-state index is -3.75. The van der Waals surface area contributed by atoms with E-state index < -0.39 is 10.0 Å². The largest absolute Gasteiger partial charge is 0.491 e. The van der Waals surface area contributed by atoms with Crippen molar-refractivity contribution in [2.45, 2.75) is 11.3 Å². The quantitative estimate of drug-likeness (QED) is 0.782. The number of primary sulfonamides is 1. The summed E-state index contributed by atoms with van der Waals surface area (Å²) in [6, 6.07) is 6.66. The van der Waals surface area contributed by atoms with E-state index in [9.17, 15) is 8.42 Å². The van der Waals surface area contributed by atoms with Crippen LogP contribution in [0.15, 0.2) is 50.5 Å². The Morgan fingerprint density at radius 1 is 1.24 bits per heavy atom. The van der Waals surface area contributed by atoms with E-state index in [2.05, 4.69) is 36.8 Å². The van der Waals surface area contributed by atoms with Gasteiger partial charge in [0.1, 0.15) is 5.75 Å². The predicted molar refractivity (Wildman–Crippen MR) is 86.7 cm³/mol. The number of benzene rings is 1. The van der Waals surface area contributed by atoms with Crippen LogP contribution in [0.1, 0.15) is 5.56 Å². The van der Waals surface area contributed by atoms with Gasteiger partial charge in [-0.05, 0) is 55.6 Å². The standard InChI is InChI=1S/C13H12Br2N2O3S/c14-11-6-10(21(16,18)19)7-12(15)13(11)20-5-3-9-2-1-4-17-8-9/h1-2,4,6-8H,3,5H2,(H2,16,18,19). The number of sulfonamides is 1. The zero-order valence-corrected chi connectivity index (χ0v) is 14.8. The average Bonchev–Trinajstić information content (AvgIpc) is 2.42. The first-order valence-electron chi connectivity index (χ1n) is 5.91. The fourth-order valence-corrected chi connectivity index (χ4v) is 3.94. The lowest BCUT2D eigenvalue weighted by Crippen LogP contribution is -2.12. The van der Waals surface area contributed by atoms with Gasteiger partial charge < -0.3 is 4.74 Å². The van der Waals surface area contributed by atoms with E-state index in [1.165, 1.54) is 12.1 Å². The Bertz CT molecular complexity index is 713. The normalized spacial score (nSPS) is 11.4. The van der Waals surface area contributed by atoms with Gasteiger partial charge in [-0.2, -0.15) is 0 Å². The molecule has 0 aliphatic heterocycles. The number of ether oxygens (including phenoxy) is 1. The molecule has 0 aliphatic rings. The lowest BCUT2D eigenvalue weighted by Gasteiger charge is -2.11. The Morgan fingerprint density at radius 2 is 1.90 bits per heavy atom. The van der Waals surface area contributed by atoms with Crippen molar-refractivity contribution in [2.24, 2.45) is 5.14 Å². The van der Waals surface area contributed by atoms with Gasteiger partial charge in [0.2, 0.25) is 10.0 Å². The highest BCUT2D eigenvalue weighted by atomic mass is 79.9. The van der Waals surface area contributed by atoms with Gasteiger partial charge in [0.25, 0.3) is 0 Å². The minimum Gasteiger partial charge on any atom is -0.491 e. The first-order valence-corrected chi connectivity index (χ1v) is 9.04. The molecule has 1 heterocycles. The van der Waals surface area contributed by atoms with Crippen molar-refractivity contribution in [1.82, 2.24) is 4.98 Å². The van der Waals surface area contributed by atoms with Gasteiger partial charge in [-0.15, -0.1) is 0 Å². The third-order valence-corrected chi connectivity index (χ3v) is 4.73. The van der Waals surface area contributed by atoms with Gasteiger partial charge in [0, 0.05) is 18.8 Å². The van der Waals surface area contributed by atoms with E-state index in [0.29, 0.717) is 27.7 Å². The summed E-state index contributed by atoms with van der Waals surface area (Å²) in [5, 5.41) is 5.10. The number of nitrogens with two attached hydrogens (primary N) is 1. The monoisotopic (exact) mass is 434 g/mol. The second kappa shape index (κ2) is 6.87. The van der Waals surface area contributed by atoms with E-state index in [1.807, 2.05) is 12.1 Å². The van der Waals surface area contributed by atoms with Crippen molar-refractivity contribution in [2.75, 3.05) is 6.61 Å². The molecule has 0 spiro atoms. The van der Waals surface area contributed by atoms with E-state index in [-0.39, 0.29) is 4.90 Å². The van der Waals surface area contributed by atoms with Crippen LogP contribution in [-0.2, 0) is 16.4 Å². The Labute approximate surface area is 139 Å². The summed E-state index contributed by atoms with van der Waals surface area (Å²) in [7, 11) is -3.75. The third-order valence-electron chi connectivity index (χ3n) is 2.66. The summed E-state index contributed by atoms with van der Waals surface area (Å²) in [6.45, 7) is 0.442. The number of rotatable bonds is 5. The molecular formula is C13H12Br2N2O3S. The maximum Gasteiger partial charge on any atom is 0.238 e. The van der Waals surface area contributed by atoms with Crippen molar-refractivity contribution < 1.29 is 13.2 Å². The highest BCUT2D eigenvalue weighted by Crippen LogP contribution is 2.35. The van der Waals surface area contributed by atoms with E-state index in [1.54, 1.807) is 12.4 Å². The van der Waals surface area contributed by atoms with Gasteiger partial charge in [-0.1, -0.05) is 6.07 Å². The van der Waals surface area contributed by atoms with Gasteiger partial charge >= 0.3 is 0 Å². The van der Waals surface area contributed by atoms with Crippen LogP contribution < -0.4 is 9.88 Å². The highest BCUT2D eigenvalue weighted by molar-refractivity contribution is 9.11. The maximum absolute atomic E-state index is 11.3. The minimum absolute atomic E-state index is 0.0147. The molecule has 0 aliphatic carbocycles. The number of halogens is 2. The van der Waals surface area contributed by atoms with Gasteiger partial charge in [0.15, 0.2) is 0 Å². The summed E-state index contributed by atoms with van der Waals surface area (Å²) in [5.41, 5.74) is 1.06. The zero-order valence-electron chi connectivity index (χ0n) is 10.8. The third kappa shape index (κ3) is 4.50. The lowest BCUT2D eigenvalue weighted by molar-refractivity contribution is 0.317. The Balaban J connectivity index is 2.11. The summed E-state index contributed by atoms with van der Waals surface area (Å²) < 4.78 is 29.4. The number of hydrogen-bond donors (Lipinski definition) is 1. The smallest absolute Gasteiger partial charge is 0.238 e. The number of aromatic nitrogens is 1. The lowest BCUT2D eigenvalue weighted by atomic mass is 10.2. The van der Waals surface area contributed by atoms with Gasteiger partial charge in [-0.3, -0.25) is 4.98 Å². The van der Waals surface area contributed by atoms with Crippen LogP contribution in [0.4, 0.5) is 0 Å². The second-order valence-corrected chi connectivity index (χ2v) is 7.49. The van der Waals surface area contributed by atoms with Crippen LogP contribution in [-0.4, -0.2) is 20.0 Å². The molecule has 0 atom stereocenters. The molecule has 112 valence electrons. The summed E-state index contributed by atoms with van der Waals surface area (Å²) in [6.07, 6.45) is 4.19. The van der Waals surface area contributed by atoms with E-state index >= 15 is 0 Å². The predicted octanol–water partition coefficient (Wildman–Crippen LogP) is 2.88. The van der Waals surface area contributed by atoms with Crippen LogP contribution in [0.5, 0.6) is 5.75 Å². The molecule has 1 aromatic heterocycles. The molecule has 2 aromatic rings. The fraction of sp³-hybridized carbons (Fsp3) is 0.154. The first kappa shape index (κ1) is 16.4. The number of pyridine rings is 1. The molecule has 0 radical (unpaired) electrons. The van der Waals surface area contributed by atoms with E-state index in [4.69, 9.17) is 9.88 Å². The Hall–Kier alpha value is -0.960. The number of nitrogens with zero attached hydrogens (tertiary/aromatic N) is 1. The Morgan fingerprint density at radius 3 is 2.43 bits per heavy atom. The molecule has 1 aromatic carbocycles. The molecule has 0 saturated heterocycles. The molecule has 0 amide bonds. The molecule has 21 heavy (non-hydrogen) atoms. The van der Waals surface area contributed by atoms with E-state index in [0.717, 1.165) is 5.56 Å². The molecular weight excluding hydrogens is 424 g/mol. The van der Waals surface area contributed by atoms with Gasteiger partial charge in [-0.25, -0.2) is 13.6 Å². The molecule has 0 fully saturated rings. The molecule has 2 rings (SSSR count). The van der Waals surface area contributed by atoms with Crippen molar-refractivity contribution in [3.63, 3.8) is 0 Å². The molecule has 0 saturated carbocycles. The summed E-state index contributed by atoms with van der Waals surface area (Å²) >= 11 is 6.58. The summed E-state index contributed by atoms with van der Waals surface area (Å²) in [5.74, 6) is 0.534. The summed E-state index contributed by atoms with van der Waals surface area (Å²) in [4.78, 5) is 4.04. The molecule has 0 unspecified atom stereocenters. The molecule has 8 heteroatoms. The van der Waals surface area contributed by atoms with Crippen LogP contribution in [0.2, 0.25) is 0 Å². The van der Waals surface area contributed by atoms with Crippen molar-refractivity contribution in [3.05, 3.63) is 51.2 Å².